The minimum absolute atomic E-state index is 0.799. The van der Waals surface area contributed by atoms with Crippen LogP contribution in [0.1, 0.15) is 19.7 Å². The van der Waals surface area contributed by atoms with E-state index in [2.05, 4.69) is 32.1 Å². The van der Waals surface area contributed by atoms with Crippen molar-refractivity contribution in [1.82, 2.24) is 14.9 Å². The van der Waals surface area contributed by atoms with Gasteiger partial charge in [-0.25, -0.2) is 9.97 Å². The third kappa shape index (κ3) is 4.56. The summed E-state index contributed by atoms with van der Waals surface area (Å²) in [6.45, 7) is 10.2. The highest BCUT2D eigenvalue weighted by atomic mass is 15.3. The Morgan fingerprint density at radius 2 is 1.95 bits per heavy atom. The first-order valence-electron chi connectivity index (χ1n) is 7.44. The number of aromatic nitrogens is 2. The van der Waals surface area contributed by atoms with E-state index in [0.29, 0.717) is 0 Å². The van der Waals surface area contributed by atoms with Crippen molar-refractivity contribution in [2.24, 2.45) is 0 Å². The number of anilines is 2. The Morgan fingerprint density at radius 3 is 2.62 bits per heavy atom. The maximum Gasteiger partial charge on any atom is 0.135 e. The van der Waals surface area contributed by atoms with Crippen molar-refractivity contribution in [2.45, 2.75) is 20.8 Å². The Balaban J connectivity index is 2.13. The Morgan fingerprint density at radius 1 is 1.24 bits per heavy atom. The van der Waals surface area contributed by atoms with E-state index in [1.54, 1.807) is 0 Å². The van der Waals surface area contributed by atoms with Gasteiger partial charge in [0.05, 0.1) is 0 Å². The molecule has 2 heterocycles. The predicted molar refractivity (Wildman–Crippen MR) is 88.7 cm³/mol. The highest BCUT2D eigenvalue weighted by Crippen LogP contribution is 2.18. The SMILES string of the molecule is C/C=C\C=C(/C)Nc1cc(N2CCN(C)CC2)nc(C)n1. The van der Waals surface area contributed by atoms with Gasteiger partial charge in [0.2, 0.25) is 0 Å². The van der Waals surface area contributed by atoms with Crippen LogP contribution in [0.25, 0.3) is 0 Å². The first-order chi connectivity index (χ1) is 10.1. The monoisotopic (exact) mass is 287 g/mol. The molecule has 5 heteroatoms. The minimum atomic E-state index is 0.799. The molecule has 21 heavy (non-hydrogen) atoms. The van der Waals surface area contributed by atoms with Crippen LogP contribution in [0.5, 0.6) is 0 Å². The van der Waals surface area contributed by atoms with E-state index in [1.807, 2.05) is 45.1 Å². The number of nitrogens with zero attached hydrogens (tertiary/aromatic N) is 4. The molecule has 1 fully saturated rings. The van der Waals surface area contributed by atoms with Gasteiger partial charge in [0.25, 0.3) is 0 Å². The zero-order valence-corrected chi connectivity index (χ0v) is 13.4. The molecule has 0 amide bonds. The van der Waals surface area contributed by atoms with Crippen LogP contribution in [-0.4, -0.2) is 48.1 Å². The molecule has 0 aliphatic carbocycles. The molecule has 0 atom stereocenters. The summed E-state index contributed by atoms with van der Waals surface area (Å²) in [5.74, 6) is 2.67. The molecule has 1 aliphatic rings. The highest BCUT2D eigenvalue weighted by molar-refractivity contribution is 5.52. The van der Waals surface area contributed by atoms with Gasteiger partial charge in [-0.05, 0) is 33.9 Å². The van der Waals surface area contributed by atoms with Crippen LogP contribution in [-0.2, 0) is 0 Å². The lowest BCUT2D eigenvalue weighted by Crippen LogP contribution is -2.44. The van der Waals surface area contributed by atoms with E-state index in [9.17, 15) is 0 Å². The maximum atomic E-state index is 4.57. The second-order valence-electron chi connectivity index (χ2n) is 5.45. The van der Waals surface area contributed by atoms with Crippen LogP contribution in [0.2, 0.25) is 0 Å². The summed E-state index contributed by atoms with van der Waals surface area (Å²) >= 11 is 0. The molecule has 0 radical (unpaired) electrons. The zero-order valence-electron chi connectivity index (χ0n) is 13.4. The summed E-state index contributed by atoms with van der Waals surface area (Å²) in [7, 11) is 2.16. The summed E-state index contributed by atoms with van der Waals surface area (Å²) < 4.78 is 0. The number of likely N-dealkylation sites (N-methyl/N-ethyl adjacent to an activating group) is 1. The molecule has 0 unspecified atom stereocenters. The minimum Gasteiger partial charge on any atom is -0.354 e. The number of piperazine rings is 1. The quantitative estimate of drug-likeness (QED) is 0.862. The van der Waals surface area contributed by atoms with Gasteiger partial charge in [0.15, 0.2) is 0 Å². The Kier molecular flexibility index (Phi) is 5.33. The van der Waals surface area contributed by atoms with Crippen molar-refractivity contribution in [3.05, 3.63) is 35.8 Å². The molecule has 2 rings (SSSR count). The standard InChI is InChI=1S/C16H25N5/c1-5-6-7-13(2)17-15-12-16(19-14(3)18-15)21-10-8-20(4)9-11-21/h5-7,12H,8-11H2,1-4H3,(H,17,18,19)/b6-5-,13-7+. The van der Waals surface area contributed by atoms with E-state index in [1.165, 1.54) is 0 Å². The van der Waals surface area contributed by atoms with Gasteiger partial charge in [-0.15, -0.1) is 0 Å². The van der Waals surface area contributed by atoms with Crippen LogP contribution >= 0.6 is 0 Å². The number of rotatable bonds is 4. The van der Waals surface area contributed by atoms with Crippen molar-refractivity contribution in [2.75, 3.05) is 43.4 Å². The van der Waals surface area contributed by atoms with Gasteiger partial charge >= 0.3 is 0 Å². The molecular formula is C16H25N5. The zero-order chi connectivity index (χ0) is 15.2. The lowest BCUT2D eigenvalue weighted by molar-refractivity contribution is 0.312. The predicted octanol–water partition coefficient (Wildman–Crippen LogP) is 2.43. The van der Waals surface area contributed by atoms with E-state index in [-0.39, 0.29) is 0 Å². The van der Waals surface area contributed by atoms with E-state index < -0.39 is 0 Å². The van der Waals surface area contributed by atoms with Crippen molar-refractivity contribution < 1.29 is 0 Å². The number of hydrogen-bond acceptors (Lipinski definition) is 5. The van der Waals surface area contributed by atoms with Gasteiger partial charge in [0, 0.05) is 37.9 Å². The molecule has 1 aliphatic heterocycles. The summed E-state index contributed by atoms with van der Waals surface area (Å²) in [5, 5.41) is 3.33. The second-order valence-corrected chi connectivity index (χ2v) is 5.45. The summed E-state index contributed by atoms with van der Waals surface area (Å²) in [4.78, 5) is 13.7. The maximum absolute atomic E-state index is 4.57. The Hall–Kier alpha value is -1.88. The number of nitrogens with one attached hydrogen (secondary N) is 1. The van der Waals surface area contributed by atoms with Gasteiger partial charge in [-0.3, -0.25) is 0 Å². The largest absolute Gasteiger partial charge is 0.354 e. The average molecular weight is 287 g/mol. The first-order valence-corrected chi connectivity index (χ1v) is 7.44. The molecule has 1 N–H and O–H groups in total. The van der Waals surface area contributed by atoms with Crippen molar-refractivity contribution in [3.63, 3.8) is 0 Å². The molecule has 0 saturated carbocycles. The smallest absolute Gasteiger partial charge is 0.135 e. The van der Waals surface area contributed by atoms with Crippen molar-refractivity contribution in [3.8, 4) is 0 Å². The summed E-state index contributed by atoms with van der Waals surface area (Å²) in [6, 6.07) is 2.03. The number of hydrogen-bond donors (Lipinski definition) is 1. The summed E-state index contributed by atoms with van der Waals surface area (Å²) in [5.41, 5.74) is 1.07. The third-order valence-corrected chi connectivity index (χ3v) is 3.52. The molecule has 1 aromatic heterocycles. The van der Waals surface area contributed by atoms with Crippen molar-refractivity contribution in [1.29, 1.82) is 0 Å². The Labute approximate surface area is 127 Å². The van der Waals surface area contributed by atoms with Gasteiger partial charge in [0.1, 0.15) is 17.5 Å². The van der Waals surface area contributed by atoms with Crippen LogP contribution < -0.4 is 10.2 Å². The molecule has 1 saturated heterocycles. The molecule has 0 bridgehead atoms. The van der Waals surface area contributed by atoms with E-state index in [4.69, 9.17) is 0 Å². The molecule has 1 aromatic rings. The molecule has 5 nitrogen and oxygen atoms in total. The molecule has 114 valence electrons. The fourth-order valence-corrected chi connectivity index (χ4v) is 2.30. The van der Waals surface area contributed by atoms with Crippen LogP contribution in [0, 0.1) is 6.92 Å². The van der Waals surface area contributed by atoms with Gasteiger partial charge < -0.3 is 15.1 Å². The lowest BCUT2D eigenvalue weighted by atomic mass is 10.3. The third-order valence-electron chi connectivity index (χ3n) is 3.52. The van der Waals surface area contributed by atoms with Crippen LogP contribution in [0.3, 0.4) is 0 Å². The molecule has 0 spiro atoms. The Bertz CT molecular complexity index is 527. The van der Waals surface area contributed by atoms with E-state index >= 15 is 0 Å². The normalized spacial score (nSPS) is 17.5. The molecule has 0 aromatic carbocycles. The lowest BCUT2D eigenvalue weighted by Gasteiger charge is -2.33. The van der Waals surface area contributed by atoms with Crippen molar-refractivity contribution >= 4 is 11.6 Å². The second kappa shape index (κ2) is 7.22. The van der Waals surface area contributed by atoms with E-state index in [0.717, 1.165) is 49.3 Å². The van der Waals surface area contributed by atoms with Crippen LogP contribution in [0.15, 0.2) is 30.0 Å². The average Bonchev–Trinajstić information content (AvgIpc) is 2.45. The number of allylic oxidation sites excluding steroid dienone is 4. The number of aryl methyl sites for hydroxylation is 1. The molecular weight excluding hydrogens is 262 g/mol. The van der Waals surface area contributed by atoms with Crippen LogP contribution in [0.4, 0.5) is 11.6 Å². The fourth-order valence-electron chi connectivity index (χ4n) is 2.30. The van der Waals surface area contributed by atoms with Gasteiger partial charge in [-0.1, -0.05) is 12.2 Å². The first kappa shape index (κ1) is 15.5. The summed E-state index contributed by atoms with van der Waals surface area (Å²) in [6.07, 6.45) is 6.05. The fraction of sp³-hybridized carbons (Fsp3) is 0.500. The van der Waals surface area contributed by atoms with Gasteiger partial charge in [-0.2, -0.15) is 0 Å². The topological polar surface area (TPSA) is 44.3 Å². The highest BCUT2D eigenvalue weighted by Gasteiger charge is 2.16.